The van der Waals surface area contributed by atoms with Gasteiger partial charge in [-0.05, 0) is 78.0 Å². The molecule has 3 N–H and O–H groups in total. The van der Waals surface area contributed by atoms with Crippen LogP contribution >= 0.6 is 23.2 Å². The summed E-state index contributed by atoms with van der Waals surface area (Å²) in [5, 5.41) is 21.7. The minimum atomic E-state index is -0.604. The van der Waals surface area contributed by atoms with Gasteiger partial charge in [0, 0.05) is 84.7 Å². The predicted molar refractivity (Wildman–Crippen MR) is 218 cm³/mol. The van der Waals surface area contributed by atoms with Gasteiger partial charge in [-0.25, -0.2) is 14.8 Å². The number of alkyl halides is 2. The number of aromatic hydroxyl groups is 2. The van der Waals surface area contributed by atoms with Crippen molar-refractivity contribution in [2.45, 2.75) is 64.9 Å². The molecular formula is C41H46Cl2N6O7. The molecule has 8 rings (SSSR count). The number of oxazole rings is 2. The lowest BCUT2D eigenvalue weighted by Gasteiger charge is -2.25. The fourth-order valence-corrected chi connectivity index (χ4v) is 8.06. The van der Waals surface area contributed by atoms with E-state index in [4.69, 9.17) is 36.8 Å². The number of carbonyl (C=O) groups excluding carboxylic acids is 2. The summed E-state index contributed by atoms with van der Waals surface area (Å²) < 4.78 is 16.5. The molecule has 3 aromatic carbocycles. The van der Waals surface area contributed by atoms with Crippen LogP contribution in [0.5, 0.6) is 11.5 Å². The highest BCUT2D eigenvalue weighted by Gasteiger charge is 2.39. The van der Waals surface area contributed by atoms with Crippen LogP contribution in [0, 0.1) is 13.8 Å². The van der Waals surface area contributed by atoms with Crippen LogP contribution in [0.15, 0.2) is 45.2 Å². The van der Waals surface area contributed by atoms with Crippen molar-refractivity contribution in [2.24, 2.45) is 0 Å². The van der Waals surface area contributed by atoms with Gasteiger partial charge in [-0.2, -0.15) is 0 Å². The van der Waals surface area contributed by atoms with Gasteiger partial charge in [0.2, 0.25) is 0 Å². The van der Waals surface area contributed by atoms with Gasteiger partial charge in [0.1, 0.15) is 22.3 Å². The van der Waals surface area contributed by atoms with Gasteiger partial charge in [-0.3, -0.25) is 9.69 Å². The van der Waals surface area contributed by atoms with Crippen LogP contribution in [0.3, 0.4) is 0 Å². The molecule has 0 aliphatic carbocycles. The Bertz CT molecular complexity index is 2460. The van der Waals surface area contributed by atoms with E-state index >= 15 is 0 Å². The van der Waals surface area contributed by atoms with Crippen LogP contribution in [0.1, 0.15) is 78.0 Å². The van der Waals surface area contributed by atoms with Gasteiger partial charge in [-0.15, -0.1) is 23.2 Å². The minimum Gasteiger partial charge on any atom is -0.504 e. The third-order valence-corrected chi connectivity index (χ3v) is 10.7. The smallest absolute Gasteiger partial charge is 0.414 e. The van der Waals surface area contributed by atoms with Crippen molar-refractivity contribution in [3.8, 4) is 11.5 Å². The predicted octanol–water partition coefficient (Wildman–Crippen LogP) is 8.72. The Kier molecular flexibility index (Phi) is 10.6. The monoisotopic (exact) mass is 804 g/mol. The lowest BCUT2D eigenvalue weighted by Crippen LogP contribution is -2.36. The number of carbonyl (C=O) groups is 2. The van der Waals surface area contributed by atoms with E-state index in [0.29, 0.717) is 75.9 Å². The number of aromatic nitrogens is 3. The molecule has 3 aromatic heterocycles. The maximum atomic E-state index is 13.5. The quantitative estimate of drug-likeness (QED) is 0.133. The lowest BCUT2D eigenvalue weighted by molar-refractivity contribution is 0.0582. The first-order valence-corrected chi connectivity index (χ1v) is 19.6. The molecule has 13 nitrogen and oxygen atoms in total. The van der Waals surface area contributed by atoms with Gasteiger partial charge in [0.15, 0.2) is 34.4 Å². The number of H-pyrrole nitrogens is 1. The van der Waals surface area contributed by atoms with Crippen LogP contribution < -0.4 is 9.80 Å². The van der Waals surface area contributed by atoms with Crippen LogP contribution in [-0.4, -0.2) is 93.2 Å². The Labute approximate surface area is 334 Å². The Morgan fingerprint density at radius 1 is 0.893 bits per heavy atom. The Balaban J connectivity index is 0.000000183. The van der Waals surface area contributed by atoms with E-state index in [1.165, 1.54) is 16.5 Å². The van der Waals surface area contributed by atoms with Gasteiger partial charge in [0.25, 0.3) is 5.91 Å². The lowest BCUT2D eigenvalue weighted by atomic mass is 10.0. The largest absolute Gasteiger partial charge is 0.504 e. The van der Waals surface area contributed by atoms with Gasteiger partial charge >= 0.3 is 6.09 Å². The highest BCUT2D eigenvalue weighted by molar-refractivity contribution is 6.19. The highest BCUT2D eigenvalue weighted by Crippen LogP contribution is 2.47. The highest BCUT2D eigenvalue weighted by atomic mass is 35.5. The van der Waals surface area contributed by atoms with Crippen molar-refractivity contribution >= 4 is 79.7 Å². The maximum Gasteiger partial charge on any atom is 0.414 e. The molecule has 2 atom stereocenters. The van der Waals surface area contributed by atoms with E-state index in [0.717, 1.165) is 41.4 Å². The number of nitrogens with one attached hydrogen (secondary N) is 1. The second kappa shape index (κ2) is 15.2. The summed E-state index contributed by atoms with van der Waals surface area (Å²) in [6.45, 7) is 10.7. The normalized spacial score (nSPS) is 16.5. The average Bonchev–Trinajstić information content (AvgIpc) is 3.95. The summed E-state index contributed by atoms with van der Waals surface area (Å²) >= 11 is 12.4. The van der Waals surface area contributed by atoms with Crippen molar-refractivity contribution in [3.05, 3.63) is 70.6 Å². The SMILES string of the molecule is Cc1nc2c3c(cc(O)c2o1)N(C(=O)OC(C)(C)C)CC3CCl.Cc1nc2c3c(cc(O)c2o1)N(C(=O)c1cc2cc(CCCN(C)C)ccc2[nH]1)CC3CCl. The summed E-state index contributed by atoms with van der Waals surface area (Å²) in [5.41, 5.74) is 6.73. The van der Waals surface area contributed by atoms with Crippen LogP contribution in [0.4, 0.5) is 16.2 Å². The minimum absolute atomic E-state index is 0.0311. The van der Waals surface area contributed by atoms with E-state index in [2.05, 4.69) is 46.1 Å². The van der Waals surface area contributed by atoms with Crippen molar-refractivity contribution in [2.75, 3.05) is 55.3 Å². The Morgan fingerprint density at radius 3 is 1.98 bits per heavy atom. The van der Waals surface area contributed by atoms with E-state index in [-0.39, 0.29) is 29.2 Å². The summed E-state index contributed by atoms with van der Waals surface area (Å²) in [4.78, 5) is 43.4. The molecule has 0 saturated heterocycles. The number of nitrogens with zero attached hydrogens (tertiary/aromatic N) is 5. The molecule has 0 spiro atoms. The Hall–Kier alpha value is -4.98. The molecule has 0 fully saturated rings. The van der Waals surface area contributed by atoms with E-state index in [1.807, 2.05) is 32.9 Å². The molecular weight excluding hydrogens is 759 g/mol. The summed E-state index contributed by atoms with van der Waals surface area (Å²) in [6.07, 6.45) is 1.61. The first-order chi connectivity index (χ1) is 26.6. The fourth-order valence-electron chi connectivity index (χ4n) is 7.56. The molecule has 56 heavy (non-hydrogen) atoms. The zero-order valence-electron chi connectivity index (χ0n) is 32.5. The molecule has 5 heterocycles. The van der Waals surface area contributed by atoms with Gasteiger partial charge in [0.05, 0.1) is 11.4 Å². The summed E-state index contributed by atoms with van der Waals surface area (Å²) in [5.74, 6) is 1.16. The van der Waals surface area contributed by atoms with E-state index < -0.39 is 11.7 Å². The van der Waals surface area contributed by atoms with E-state index in [9.17, 15) is 19.8 Å². The van der Waals surface area contributed by atoms with Crippen molar-refractivity contribution in [3.63, 3.8) is 0 Å². The number of fused-ring (bicyclic) bond motifs is 7. The van der Waals surface area contributed by atoms with Gasteiger partial charge < -0.3 is 38.6 Å². The molecule has 0 radical (unpaired) electrons. The van der Waals surface area contributed by atoms with Crippen LogP contribution in [0.2, 0.25) is 0 Å². The fraction of sp³-hybridized carbons (Fsp3) is 0.415. The van der Waals surface area contributed by atoms with Crippen LogP contribution in [-0.2, 0) is 11.2 Å². The molecule has 296 valence electrons. The zero-order chi connectivity index (χ0) is 40.2. The van der Waals surface area contributed by atoms with Crippen molar-refractivity contribution < 1.29 is 33.4 Å². The number of aryl methyl sites for hydroxylation is 3. The second-order valence-corrected chi connectivity index (χ2v) is 16.3. The molecule has 15 heteroatoms. The molecule has 2 amide bonds. The number of hydrogen-bond donors (Lipinski definition) is 3. The van der Waals surface area contributed by atoms with E-state index in [1.54, 1.807) is 24.8 Å². The number of amides is 2. The molecule has 0 bridgehead atoms. The number of halogens is 2. The number of benzene rings is 3. The number of ether oxygens (including phenoxy) is 1. The summed E-state index contributed by atoms with van der Waals surface area (Å²) in [7, 11) is 4.15. The number of rotatable bonds is 7. The zero-order valence-corrected chi connectivity index (χ0v) is 34.0. The van der Waals surface area contributed by atoms with Crippen LogP contribution in [0.25, 0.3) is 33.1 Å². The Morgan fingerprint density at radius 2 is 1.45 bits per heavy atom. The number of hydrogen-bond acceptors (Lipinski definition) is 10. The number of anilines is 2. The third-order valence-electron chi connectivity index (χ3n) is 9.96. The number of phenols is 2. The third kappa shape index (κ3) is 7.47. The molecule has 6 aromatic rings. The average molecular weight is 806 g/mol. The van der Waals surface area contributed by atoms with Crippen molar-refractivity contribution in [1.82, 2.24) is 19.9 Å². The summed E-state index contributed by atoms with van der Waals surface area (Å²) in [6, 6.07) is 11.3. The number of phenolic OH excluding ortho intramolecular Hbond substituents is 2. The first kappa shape index (κ1) is 39.3. The molecule has 2 unspecified atom stereocenters. The molecule has 2 aliphatic heterocycles. The molecule has 0 saturated carbocycles. The molecule has 2 aliphatic rings. The van der Waals surface area contributed by atoms with Crippen molar-refractivity contribution in [1.29, 1.82) is 0 Å². The maximum absolute atomic E-state index is 13.5. The second-order valence-electron chi connectivity index (χ2n) is 15.7. The number of aromatic amines is 1. The topological polar surface area (TPSA) is 161 Å². The standard InChI is InChI=1S/C25H27ClN4O3.C16H19ClN2O4/c1-14-27-23-22-17(12-26)13-30(20(22)11-21(31)24(23)33-14)25(32)19-10-16-9-15(5-4-8-29(2)3)6-7-18(16)28-19;1-8-18-13-12-9(6-17)7-19(15(21)23-16(2,3)4)10(12)5-11(20)14(13)22-8/h6-7,9-11,17,28,31H,4-5,8,12-13H2,1-3H3;5,9,20H,6-7H2,1-4H3. The van der Waals surface area contributed by atoms with Gasteiger partial charge in [-0.1, -0.05) is 6.07 Å². The first-order valence-electron chi connectivity index (χ1n) is 18.5.